The third kappa shape index (κ3) is 1.50. The molecule has 2 aromatic carbocycles. The van der Waals surface area contributed by atoms with Gasteiger partial charge in [-0.3, -0.25) is 4.57 Å². The number of aromatic nitrogens is 2. The predicted molar refractivity (Wildman–Crippen MR) is 93.6 cm³/mol. The Morgan fingerprint density at radius 3 is 2.61 bits per heavy atom. The summed E-state index contributed by atoms with van der Waals surface area (Å²) in [5.74, 6) is 1.18. The number of benzene rings is 2. The molecule has 0 fully saturated rings. The van der Waals surface area contributed by atoms with Gasteiger partial charge in [0.05, 0.1) is 17.5 Å². The lowest BCUT2D eigenvalue weighted by Gasteiger charge is -2.10. The van der Waals surface area contributed by atoms with Gasteiger partial charge in [-0.1, -0.05) is 18.2 Å². The number of rotatable bonds is 0. The SMILES string of the molecule is CC1=[N+](C)c2c(ccc3c2-n2c(nc4ccc(C)c(C)c42)C3)C1. The topological polar surface area (TPSA) is 20.8 Å². The average molecular weight is 302 g/mol. The van der Waals surface area contributed by atoms with E-state index in [0.29, 0.717) is 0 Å². The maximum atomic E-state index is 4.92. The monoisotopic (exact) mass is 302 g/mol. The molecule has 2 aliphatic rings. The highest BCUT2D eigenvalue weighted by atomic mass is 15.1. The Morgan fingerprint density at radius 1 is 1.00 bits per heavy atom. The van der Waals surface area contributed by atoms with Crippen molar-refractivity contribution in [2.45, 2.75) is 33.6 Å². The first-order valence-corrected chi connectivity index (χ1v) is 8.25. The fourth-order valence-corrected chi connectivity index (χ4v) is 4.16. The molecule has 0 N–H and O–H groups in total. The largest absolute Gasteiger partial charge is 0.289 e. The van der Waals surface area contributed by atoms with E-state index in [0.717, 1.165) is 18.4 Å². The van der Waals surface area contributed by atoms with Gasteiger partial charge in [0.2, 0.25) is 5.69 Å². The highest BCUT2D eigenvalue weighted by molar-refractivity contribution is 5.90. The minimum atomic E-state index is 0.933. The average Bonchev–Trinajstić information content (AvgIpc) is 3.14. The predicted octanol–water partition coefficient (Wildman–Crippen LogP) is 3.84. The van der Waals surface area contributed by atoms with E-state index in [1.807, 2.05) is 0 Å². The normalized spacial score (nSPS) is 15.3. The van der Waals surface area contributed by atoms with Crippen molar-refractivity contribution in [1.82, 2.24) is 9.55 Å². The molecule has 0 amide bonds. The number of nitrogens with zero attached hydrogens (tertiary/aromatic N) is 3. The summed E-state index contributed by atoms with van der Waals surface area (Å²) >= 11 is 0. The lowest BCUT2D eigenvalue weighted by molar-refractivity contribution is -0.401. The van der Waals surface area contributed by atoms with Crippen molar-refractivity contribution in [3.63, 3.8) is 0 Å². The van der Waals surface area contributed by atoms with Crippen LogP contribution in [0.5, 0.6) is 0 Å². The zero-order chi connectivity index (χ0) is 15.9. The third-order valence-electron chi connectivity index (χ3n) is 5.66. The van der Waals surface area contributed by atoms with E-state index in [4.69, 9.17) is 4.98 Å². The minimum Gasteiger partial charge on any atom is -0.289 e. The van der Waals surface area contributed by atoms with Crippen LogP contribution in [0.25, 0.3) is 16.7 Å². The first-order chi connectivity index (χ1) is 11.1. The molecule has 0 unspecified atom stereocenters. The van der Waals surface area contributed by atoms with Crippen LogP contribution in [0.1, 0.15) is 35.0 Å². The summed E-state index contributed by atoms with van der Waals surface area (Å²) in [6.07, 6.45) is 1.99. The van der Waals surface area contributed by atoms with Gasteiger partial charge in [0.25, 0.3) is 0 Å². The molecule has 0 saturated carbocycles. The van der Waals surface area contributed by atoms with Gasteiger partial charge < -0.3 is 0 Å². The summed E-state index contributed by atoms with van der Waals surface area (Å²) in [6.45, 7) is 6.63. The molecule has 3 nitrogen and oxygen atoms in total. The molecular weight excluding hydrogens is 282 g/mol. The maximum absolute atomic E-state index is 4.92. The van der Waals surface area contributed by atoms with Gasteiger partial charge in [-0.25, -0.2) is 9.56 Å². The van der Waals surface area contributed by atoms with Crippen LogP contribution in [0.15, 0.2) is 24.3 Å². The Kier molecular flexibility index (Phi) is 2.33. The van der Waals surface area contributed by atoms with Crippen LogP contribution in [0.4, 0.5) is 5.69 Å². The molecule has 5 rings (SSSR count). The first-order valence-electron chi connectivity index (χ1n) is 8.25. The van der Waals surface area contributed by atoms with Gasteiger partial charge in [0.15, 0.2) is 5.71 Å². The molecule has 23 heavy (non-hydrogen) atoms. The van der Waals surface area contributed by atoms with Crippen molar-refractivity contribution in [3.8, 4) is 5.69 Å². The minimum absolute atomic E-state index is 0.933. The van der Waals surface area contributed by atoms with Crippen molar-refractivity contribution in [2.24, 2.45) is 0 Å². The zero-order valence-electron chi connectivity index (χ0n) is 14.1. The van der Waals surface area contributed by atoms with E-state index in [1.165, 1.54) is 50.7 Å². The van der Waals surface area contributed by atoms with Gasteiger partial charge in [-0.05, 0) is 36.6 Å². The van der Waals surface area contributed by atoms with Gasteiger partial charge in [0.1, 0.15) is 18.6 Å². The highest BCUT2D eigenvalue weighted by Crippen LogP contribution is 2.42. The summed E-state index contributed by atoms with van der Waals surface area (Å²) in [6, 6.07) is 8.94. The second kappa shape index (κ2) is 4.10. The fourth-order valence-electron chi connectivity index (χ4n) is 4.16. The number of hydrogen-bond donors (Lipinski definition) is 0. The Labute approximate surface area is 135 Å². The number of imidazole rings is 1. The van der Waals surface area contributed by atoms with Crippen molar-refractivity contribution in [1.29, 1.82) is 0 Å². The fraction of sp³-hybridized carbons (Fsp3) is 0.300. The lowest BCUT2D eigenvalue weighted by Crippen LogP contribution is -2.05. The highest BCUT2D eigenvalue weighted by Gasteiger charge is 2.35. The van der Waals surface area contributed by atoms with Crippen LogP contribution < -0.4 is 0 Å². The standard InChI is InChI=1S/C20H20N3/c1-11-5-8-16-18(13(11)3)23-17(21-16)10-15-7-6-14-9-12(2)22(4)19(14)20(15)23/h5-8H,9-10H2,1-4H3/q+1. The summed E-state index contributed by atoms with van der Waals surface area (Å²) < 4.78 is 4.78. The van der Waals surface area contributed by atoms with Crippen LogP contribution in [-0.2, 0) is 12.8 Å². The zero-order valence-corrected chi connectivity index (χ0v) is 14.1. The first kappa shape index (κ1) is 13.1. The molecule has 114 valence electrons. The molecule has 0 aliphatic carbocycles. The maximum Gasteiger partial charge on any atom is 0.233 e. The van der Waals surface area contributed by atoms with Gasteiger partial charge in [-0.15, -0.1) is 0 Å². The quantitative estimate of drug-likeness (QED) is 0.452. The molecule has 0 spiro atoms. The summed E-state index contributed by atoms with van der Waals surface area (Å²) in [7, 11) is 2.19. The summed E-state index contributed by atoms with van der Waals surface area (Å²) in [5.41, 5.74) is 12.0. The van der Waals surface area contributed by atoms with Crippen LogP contribution in [0.2, 0.25) is 0 Å². The van der Waals surface area contributed by atoms with Gasteiger partial charge in [-0.2, -0.15) is 0 Å². The van der Waals surface area contributed by atoms with E-state index < -0.39 is 0 Å². The van der Waals surface area contributed by atoms with E-state index in [-0.39, 0.29) is 0 Å². The molecular formula is C20H20N3+. The third-order valence-corrected chi connectivity index (χ3v) is 5.66. The van der Waals surface area contributed by atoms with Crippen molar-refractivity contribution < 1.29 is 4.58 Å². The van der Waals surface area contributed by atoms with Crippen LogP contribution >= 0.6 is 0 Å². The van der Waals surface area contributed by atoms with Crippen molar-refractivity contribution >= 4 is 22.4 Å². The van der Waals surface area contributed by atoms with Gasteiger partial charge >= 0.3 is 0 Å². The van der Waals surface area contributed by atoms with E-state index in [1.54, 1.807) is 0 Å². The molecule has 3 aromatic rings. The van der Waals surface area contributed by atoms with E-state index in [2.05, 4.69) is 61.2 Å². The molecule has 0 saturated heterocycles. The Balaban J connectivity index is 1.94. The molecule has 3 heteroatoms. The second-order valence-electron chi connectivity index (χ2n) is 6.97. The molecule has 1 aromatic heterocycles. The van der Waals surface area contributed by atoms with Crippen LogP contribution in [-0.4, -0.2) is 26.9 Å². The number of aryl methyl sites for hydroxylation is 2. The van der Waals surface area contributed by atoms with E-state index in [9.17, 15) is 0 Å². The molecule has 3 heterocycles. The smallest absolute Gasteiger partial charge is 0.233 e. The van der Waals surface area contributed by atoms with Crippen molar-refractivity contribution in [2.75, 3.05) is 7.05 Å². The summed E-state index contributed by atoms with van der Waals surface area (Å²) in [5, 5.41) is 0. The Bertz CT molecular complexity index is 1050. The number of fused-ring (bicyclic) bond motifs is 7. The molecule has 0 bridgehead atoms. The van der Waals surface area contributed by atoms with Crippen LogP contribution in [0, 0.1) is 13.8 Å². The molecule has 0 atom stereocenters. The number of hydrogen-bond acceptors (Lipinski definition) is 1. The van der Waals surface area contributed by atoms with Crippen molar-refractivity contribution in [3.05, 3.63) is 52.3 Å². The Hall–Kier alpha value is -2.42. The summed E-state index contributed by atoms with van der Waals surface area (Å²) in [4.78, 5) is 4.92. The van der Waals surface area contributed by atoms with Gasteiger partial charge in [0, 0.05) is 18.9 Å². The second-order valence-corrected chi connectivity index (χ2v) is 6.97. The lowest BCUT2D eigenvalue weighted by atomic mass is 10.0. The van der Waals surface area contributed by atoms with Crippen LogP contribution in [0.3, 0.4) is 0 Å². The molecule has 0 radical (unpaired) electrons. The molecule has 2 aliphatic heterocycles. The Morgan fingerprint density at radius 2 is 1.78 bits per heavy atom. The van der Waals surface area contributed by atoms with E-state index >= 15 is 0 Å².